The van der Waals surface area contributed by atoms with Crippen LogP contribution in [0.25, 0.3) is 0 Å². The highest BCUT2D eigenvalue weighted by Gasteiger charge is 2.29. The van der Waals surface area contributed by atoms with E-state index >= 15 is 0 Å². The number of hydrogen-bond donors (Lipinski definition) is 6. The van der Waals surface area contributed by atoms with Crippen LogP contribution in [0.2, 0.25) is 0 Å². The van der Waals surface area contributed by atoms with Crippen LogP contribution in [-0.4, -0.2) is 11.5 Å². The van der Waals surface area contributed by atoms with Gasteiger partial charge in [0.15, 0.2) is 0 Å². The van der Waals surface area contributed by atoms with Crippen molar-refractivity contribution in [1.82, 2.24) is 0 Å². The van der Waals surface area contributed by atoms with Crippen molar-refractivity contribution in [1.29, 1.82) is 10.8 Å². The molecule has 2 unspecified atom stereocenters. The van der Waals surface area contributed by atoms with Crippen molar-refractivity contribution in [2.75, 3.05) is 16.8 Å². The minimum absolute atomic E-state index is 0.0103. The van der Waals surface area contributed by atoms with Gasteiger partial charge in [-0.15, -0.1) is 0 Å². The molecule has 0 fully saturated rings. The van der Waals surface area contributed by atoms with Crippen molar-refractivity contribution in [3.8, 4) is 0 Å². The van der Waals surface area contributed by atoms with Crippen LogP contribution in [0.3, 0.4) is 0 Å². The van der Waals surface area contributed by atoms with Gasteiger partial charge in [0, 0.05) is 33.9 Å². The second-order valence-electron chi connectivity index (χ2n) is 7.89. The third kappa shape index (κ3) is 4.42. The molecule has 0 spiro atoms. The fourth-order valence-electron chi connectivity index (χ4n) is 4.02. The molecule has 0 heterocycles. The van der Waals surface area contributed by atoms with Crippen molar-refractivity contribution in [2.45, 2.75) is 32.7 Å². The summed E-state index contributed by atoms with van der Waals surface area (Å²) >= 11 is 0. The summed E-state index contributed by atoms with van der Waals surface area (Å²) in [6.45, 7) is 4.00. The van der Waals surface area contributed by atoms with Gasteiger partial charge in [-0.25, -0.2) is 0 Å². The average molecular weight is 391 g/mol. The highest BCUT2D eigenvalue weighted by atomic mass is 14.9. The van der Waals surface area contributed by atoms with Crippen molar-refractivity contribution >= 4 is 28.6 Å². The number of nitrogens with two attached hydrogens (primary N) is 3. The van der Waals surface area contributed by atoms with Gasteiger partial charge < -0.3 is 27.9 Å². The Bertz CT molecular complexity index is 962. The van der Waals surface area contributed by atoms with Gasteiger partial charge in [0.05, 0.1) is 6.04 Å². The van der Waals surface area contributed by atoms with Crippen molar-refractivity contribution < 1.29 is 0 Å². The number of hydrogen-bond acceptors (Lipinski definition) is 5. The summed E-state index contributed by atoms with van der Waals surface area (Å²) in [6, 6.07) is 11.5. The Hall–Kier alpha value is -3.28. The largest absolute Gasteiger partial charge is 0.398 e. The third-order valence-corrected chi connectivity index (χ3v) is 5.75. The van der Waals surface area contributed by atoms with Gasteiger partial charge in [0.1, 0.15) is 5.84 Å². The molecule has 0 aromatic heterocycles. The van der Waals surface area contributed by atoms with Crippen LogP contribution in [0, 0.1) is 22.7 Å². The standard InChI is InChI=1S/C23H30N6/c1-13-5-3-4-6-17(13)22(15-7-9-21(26)19(11-15)23(27)28)29-16-8-10-20(25)18(12-16)14(2)24/h3-4,7-13,17,22,24,29H,5-6,25-26H2,1-2H3,(H3,27,28)/t13?,17?,22-/m0/s1. The molecular formula is C23H30N6. The summed E-state index contributed by atoms with van der Waals surface area (Å²) in [7, 11) is 0. The normalized spacial score (nSPS) is 19.5. The molecule has 6 heteroatoms. The molecule has 3 rings (SSSR count). The van der Waals surface area contributed by atoms with Gasteiger partial charge in [-0.2, -0.15) is 0 Å². The summed E-state index contributed by atoms with van der Waals surface area (Å²) in [5, 5.41) is 19.5. The van der Waals surface area contributed by atoms with Gasteiger partial charge in [-0.3, -0.25) is 5.41 Å². The van der Waals surface area contributed by atoms with E-state index in [1.54, 1.807) is 6.92 Å². The number of anilines is 3. The minimum Gasteiger partial charge on any atom is -0.398 e. The molecule has 29 heavy (non-hydrogen) atoms. The number of benzene rings is 2. The first-order valence-electron chi connectivity index (χ1n) is 9.88. The molecule has 0 aliphatic heterocycles. The lowest BCUT2D eigenvalue weighted by Crippen LogP contribution is -2.28. The van der Waals surface area contributed by atoms with Crippen LogP contribution in [0.15, 0.2) is 48.6 Å². The zero-order valence-electron chi connectivity index (χ0n) is 17.0. The molecule has 0 saturated heterocycles. The maximum Gasteiger partial charge on any atom is 0.124 e. The molecule has 6 nitrogen and oxygen atoms in total. The molecule has 1 aliphatic carbocycles. The quantitative estimate of drug-likeness (QED) is 0.190. The van der Waals surface area contributed by atoms with Crippen molar-refractivity contribution in [3.05, 3.63) is 65.2 Å². The molecule has 0 radical (unpaired) electrons. The zero-order chi connectivity index (χ0) is 21.1. The van der Waals surface area contributed by atoms with E-state index in [1.807, 2.05) is 36.4 Å². The molecular weight excluding hydrogens is 360 g/mol. The van der Waals surface area contributed by atoms with E-state index < -0.39 is 0 Å². The Morgan fingerprint density at radius 2 is 1.66 bits per heavy atom. The molecule has 9 N–H and O–H groups in total. The first kappa shape index (κ1) is 20.5. The topological polar surface area (TPSA) is 138 Å². The lowest BCUT2D eigenvalue weighted by Gasteiger charge is -2.35. The summed E-state index contributed by atoms with van der Waals surface area (Å²) in [4.78, 5) is 0. The number of allylic oxidation sites excluding steroid dienone is 2. The molecule has 2 aromatic rings. The predicted octanol–water partition coefficient (Wildman–Crippen LogP) is 4.28. The maximum atomic E-state index is 7.98. The van der Waals surface area contributed by atoms with E-state index in [4.69, 9.17) is 28.0 Å². The number of nitrogens with one attached hydrogen (secondary N) is 3. The first-order valence-corrected chi connectivity index (χ1v) is 9.88. The molecule has 0 amide bonds. The second kappa shape index (κ2) is 8.39. The smallest absolute Gasteiger partial charge is 0.124 e. The lowest BCUT2D eigenvalue weighted by atomic mass is 9.76. The minimum atomic E-state index is -0.0334. The van der Waals surface area contributed by atoms with E-state index in [1.165, 1.54) is 0 Å². The van der Waals surface area contributed by atoms with E-state index in [0.717, 1.165) is 29.7 Å². The fourth-order valence-corrected chi connectivity index (χ4v) is 4.02. The molecule has 2 aromatic carbocycles. The highest BCUT2D eigenvalue weighted by Crippen LogP contribution is 2.39. The van der Waals surface area contributed by atoms with Crippen LogP contribution in [-0.2, 0) is 0 Å². The third-order valence-electron chi connectivity index (χ3n) is 5.75. The maximum absolute atomic E-state index is 7.98. The highest BCUT2D eigenvalue weighted by molar-refractivity contribution is 6.02. The van der Waals surface area contributed by atoms with E-state index in [2.05, 4.69) is 24.4 Å². The summed E-state index contributed by atoms with van der Waals surface area (Å²) in [5.74, 6) is 0.827. The van der Waals surface area contributed by atoms with Gasteiger partial charge in [-0.1, -0.05) is 25.1 Å². The van der Waals surface area contributed by atoms with Gasteiger partial charge in [-0.05, 0) is 67.5 Å². The molecule has 0 saturated carbocycles. The SMILES string of the molecule is CC(=N)c1cc(N[C@@H](c2ccc(N)c(C(=N)N)c2)C2CC=CCC2C)ccc1N. The number of amidine groups is 1. The zero-order valence-corrected chi connectivity index (χ0v) is 17.0. The van der Waals surface area contributed by atoms with Gasteiger partial charge in [0.2, 0.25) is 0 Å². The summed E-state index contributed by atoms with van der Waals surface area (Å²) in [5.41, 5.74) is 22.6. The molecule has 3 atom stereocenters. The summed E-state index contributed by atoms with van der Waals surface area (Å²) < 4.78 is 0. The monoisotopic (exact) mass is 390 g/mol. The molecule has 1 aliphatic rings. The Morgan fingerprint density at radius 1 is 1.00 bits per heavy atom. The Kier molecular flexibility index (Phi) is 5.92. The first-order chi connectivity index (χ1) is 13.8. The van der Waals surface area contributed by atoms with Gasteiger partial charge >= 0.3 is 0 Å². The van der Waals surface area contributed by atoms with Gasteiger partial charge in [0.25, 0.3) is 0 Å². The Labute approximate surface area is 172 Å². The lowest BCUT2D eigenvalue weighted by molar-refractivity contribution is 0.308. The average Bonchev–Trinajstić information content (AvgIpc) is 2.68. The van der Waals surface area contributed by atoms with Crippen LogP contribution >= 0.6 is 0 Å². The van der Waals surface area contributed by atoms with Crippen LogP contribution in [0.4, 0.5) is 17.1 Å². The molecule has 0 bridgehead atoms. The second-order valence-corrected chi connectivity index (χ2v) is 7.89. The number of rotatable bonds is 6. The van der Waals surface area contributed by atoms with Crippen LogP contribution < -0.4 is 22.5 Å². The van der Waals surface area contributed by atoms with E-state index in [9.17, 15) is 0 Å². The van der Waals surface area contributed by atoms with Crippen molar-refractivity contribution in [2.24, 2.45) is 17.6 Å². The summed E-state index contributed by atoms with van der Waals surface area (Å²) in [6.07, 6.45) is 6.47. The Balaban J connectivity index is 2.04. The van der Waals surface area contributed by atoms with Crippen LogP contribution in [0.5, 0.6) is 0 Å². The fraction of sp³-hybridized carbons (Fsp3) is 0.304. The van der Waals surface area contributed by atoms with E-state index in [0.29, 0.717) is 34.5 Å². The van der Waals surface area contributed by atoms with Crippen molar-refractivity contribution in [3.63, 3.8) is 0 Å². The molecule has 152 valence electrons. The Morgan fingerprint density at radius 3 is 2.31 bits per heavy atom. The van der Waals surface area contributed by atoms with E-state index in [-0.39, 0.29) is 11.9 Å². The van der Waals surface area contributed by atoms with Crippen LogP contribution in [0.1, 0.15) is 49.4 Å². The predicted molar refractivity (Wildman–Crippen MR) is 123 cm³/mol. The number of nitrogen functional groups attached to an aromatic ring is 3.